The molecule has 0 saturated heterocycles. The Morgan fingerprint density at radius 2 is 1.85 bits per heavy atom. The number of carboxylic acids is 1. The summed E-state index contributed by atoms with van der Waals surface area (Å²) in [6, 6.07) is 15.7. The lowest BCUT2D eigenvalue weighted by atomic mass is 10.2. The van der Waals surface area contributed by atoms with E-state index < -0.39 is 5.97 Å². The molecule has 0 aliphatic rings. The van der Waals surface area contributed by atoms with Crippen molar-refractivity contribution >= 4 is 50.3 Å². The summed E-state index contributed by atoms with van der Waals surface area (Å²) in [7, 11) is 0. The number of carbonyl (C=O) groups is 1. The van der Waals surface area contributed by atoms with Gasteiger partial charge in [0.05, 0.1) is 15.6 Å². The maximum atomic E-state index is 11.4. The highest BCUT2D eigenvalue weighted by molar-refractivity contribution is 8.00. The van der Waals surface area contributed by atoms with Gasteiger partial charge in [0.25, 0.3) is 0 Å². The minimum Gasteiger partial charge on any atom is -0.475 e. The van der Waals surface area contributed by atoms with E-state index in [1.54, 1.807) is 47.4 Å². The molecule has 1 N–H and O–H groups in total. The van der Waals surface area contributed by atoms with Gasteiger partial charge in [-0.1, -0.05) is 43.5 Å². The molecule has 0 amide bonds. The first-order chi connectivity index (χ1) is 12.1. The average Bonchev–Trinajstić information content (AvgIpc) is 3.05. The van der Waals surface area contributed by atoms with Crippen molar-refractivity contribution in [3.8, 4) is 0 Å². The van der Waals surface area contributed by atoms with Crippen molar-refractivity contribution in [1.82, 2.24) is 4.98 Å². The highest BCUT2D eigenvalue weighted by Gasteiger charge is 2.09. The molecule has 2 aromatic heterocycles. The van der Waals surface area contributed by atoms with Gasteiger partial charge in [-0.3, -0.25) is 4.79 Å². The molecule has 4 rings (SSSR count). The number of aromatic nitrogens is 1. The molecule has 0 saturated carbocycles. The fraction of sp³-hybridized carbons (Fsp3) is 0.105. The molecule has 0 aliphatic heterocycles. The lowest BCUT2D eigenvalue weighted by Gasteiger charge is -1.97. The van der Waals surface area contributed by atoms with Crippen molar-refractivity contribution < 1.29 is 14.3 Å². The number of thiazole rings is 1. The number of para-hydroxylation sites is 2. The lowest BCUT2D eigenvalue weighted by Crippen LogP contribution is -2.05. The largest absolute Gasteiger partial charge is 0.475 e. The van der Waals surface area contributed by atoms with E-state index in [9.17, 15) is 9.59 Å². The number of carboxylic acid groups (broad SMARTS) is 1. The van der Waals surface area contributed by atoms with Gasteiger partial charge >= 0.3 is 5.97 Å². The third-order valence-electron chi connectivity index (χ3n) is 3.29. The Hall–Kier alpha value is -2.64. The molecule has 2 heterocycles. The van der Waals surface area contributed by atoms with Crippen LogP contribution in [0.4, 0.5) is 0 Å². The zero-order valence-corrected chi connectivity index (χ0v) is 14.8. The Morgan fingerprint density at radius 1 is 1.15 bits per heavy atom. The Balaban J connectivity index is 0.000000184. The second-order valence-electron chi connectivity index (χ2n) is 4.93. The van der Waals surface area contributed by atoms with Crippen LogP contribution in [0.15, 0.2) is 68.1 Å². The summed E-state index contributed by atoms with van der Waals surface area (Å²) in [5.41, 5.74) is 1.06. The fourth-order valence-electron chi connectivity index (χ4n) is 2.15. The number of nitrogens with zero attached hydrogens (tertiary/aromatic N) is 1. The minimum atomic E-state index is -1.24. The van der Waals surface area contributed by atoms with Gasteiger partial charge in [-0.15, -0.1) is 11.3 Å². The van der Waals surface area contributed by atoms with Crippen LogP contribution in [0.5, 0.6) is 0 Å². The molecule has 0 radical (unpaired) electrons. The number of hydrogen-bond donors (Lipinski definition) is 1. The first-order valence-corrected chi connectivity index (χ1v) is 9.28. The molecule has 26 heavy (non-hydrogen) atoms. The van der Waals surface area contributed by atoms with E-state index in [-0.39, 0.29) is 24.2 Å². The zero-order valence-electron chi connectivity index (χ0n) is 13.1. The van der Waals surface area contributed by atoms with Gasteiger partial charge in [0.15, 0.2) is 9.77 Å². The maximum Gasteiger partial charge on any atom is 0.371 e. The van der Waals surface area contributed by atoms with Crippen LogP contribution in [0.3, 0.4) is 0 Å². The predicted molar refractivity (Wildman–Crippen MR) is 108 cm³/mol. The molecule has 0 atom stereocenters. The summed E-state index contributed by atoms with van der Waals surface area (Å²) in [4.78, 5) is 26.4. The van der Waals surface area contributed by atoms with E-state index in [0.29, 0.717) is 5.39 Å². The van der Waals surface area contributed by atoms with E-state index in [1.807, 2.05) is 18.2 Å². The van der Waals surface area contributed by atoms with Crippen LogP contribution >= 0.6 is 23.1 Å². The SMILES string of the molecule is C.CSc1nc2ccccc2s1.O=C(O)c1cc(=O)c2ccccc2o1. The maximum absolute atomic E-state index is 11.4. The lowest BCUT2D eigenvalue weighted by molar-refractivity contribution is 0.0663. The Labute approximate surface area is 158 Å². The monoisotopic (exact) mass is 387 g/mol. The number of hydrogen-bond acceptors (Lipinski definition) is 6. The van der Waals surface area contributed by atoms with Crippen molar-refractivity contribution in [2.24, 2.45) is 0 Å². The van der Waals surface area contributed by atoms with Gasteiger partial charge in [-0.05, 0) is 30.5 Å². The van der Waals surface area contributed by atoms with Gasteiger partial charge in [0, 0.05) is 6.07 Å². The normalized spacial score (nSPS) is 10.0. The molecule has 5 nitrogen and oxygen atoms in total. The molecule has 0 spiro atoms. The van der Waals surface area contributed by atoms with Crippen molar-refractivity contribution in [1.29, 1.82) is 0 Å². The summed E-state index contributed by atoms with van der Waals surface area (Å²) >= 11 is 3.45. The Bertz CT molecular complexity index is 1070. The molecule has 0 bridgehead atoms. The molecular formula is C19H17NO4S2. The van der Waals surface area contributed by atoms with E-state index in [2.05, 4.69) is 17.3 Å². The third-order valence-corrected chi connectivity index (χ3v) is 5.32. The summed E-state index contributed by atoms with van der Waals surface area (Å²) in [6.45, 7) is 0. The number of fused-ring (bicyclic) bond motifs is 2. The third kappa shape index (κ3) is 4.30. The van der Waals surface area contributed by atoms with Crippen LogP contribution < -0.4 is 5.43 Å². The average molecular weight is 387 g/mol. The van der Waals surface area contributed by atoms with Gasteiger partial charge in [-0.25, -0.2) is 9.78 Å². The van der Waals surface area contributed by atoms with Crippen molar-refractivity contribution in [3.05, 3.63) is 70.6 Å². The van der Waals surface area contributed by atoms with E-state index in [0.717, 1.165) is 15.9 Å². The van der Waals surface area contributed by atoms with Gasteiger partial charge in [-0.2, -0.15) is 0 Å². The zero-order chi connectivity index (χ0) is 17.8. The van der Waals surface area contributed by atoms with E-state index in [1.165, 1.54) is 4.70 Å². The summed E-state index contributed by atoms with van der Waals surface area (Å²) in [5, 5.41) is 9.02. The van der Waals surface area contributed by atoms with Crippen molar-refractivity contribution in [2.45, 2.75) is 11.8 Å². The smallest absolute Gasteiger partial charge is 0.371 e. The van der Waals surface area contributed by atoms with E-state index >= 15 is 0 Å². The Kier molecular flexibility index (Phi) is 6.54. The summed E-state index contributed by atoms with van der Waals surface area (Å²) in [5.74, 6) is -1.58. The van der Waals surface area contributed by atoms with Crippen LogP contribution in [0.1, 0.15) is 18.0 Å². The number of benzene rings is 2. The molecule has 0 fully saturated rings. The van der Waals surface area contributed by atoms with Crippen LogP contribution in [0.25, 0.3) is 21.2 Å². The van der Waals surface area contributed by atoms with E-state index in [4.69, 9.17) is 9.52 Å². The second-order valence-corrected chi connectivity index (χ2v) is 7.01. The molecule has 0 aliphatic carbocycles. The first-order valence-electron chi connectivity index (χ1n) is 7.24. The molecule has 7 heteroatoms. The molecule has 4 aromatic rings. The highest BCUT2D eigenvalue weighted by Crippen LogP contribution is 2.27. The van der Waals surface area contributed by atoms with Crippen LogP contribution in [0, 0.1) is 0 Å². The molecule has 2 aromatic carbocycles. The molecular weight excluding hydrogens is 370 g/mol. The summed E-state index contributed by atoms with van der Waals surface area (Å²) in [6.07, 6.45) is 2.05. The van der Waals surface area contributed by atoms with Gasteiger partial charge < -0.3 is 9.52 Å². The molecule has 0 unspecified atom stereocenters. The Morgan fingerprint density at radius 3 is 2.54 bits per heavy atom. The van der Waals surface area contributed by atoms with Crippen LogP contribution in [-0.4, -0.2) is 22.3 Å². The minimum absolute atomic E-state index is 0. The fourth-order valence-corrected chi connectivity index (χ4v) is 3.64. The highest BCUT2D eigenvalue weighted by atomic mass is 32.2. The molecule has 134 valence electrons. The van der Waals surface area contributed by atoms with Crippen LogP contribution in [0.2, 0.25) is 0 Å². The standard InChI is InChI=1S/C10H6O4.C8H7NS2.CH4/c11-7-5-9(10(12)13)14-8-4-2-1-3-6(7)8;1-10-8-9-6-4-2-3-5-7(6)11-8;/h1-5H,(H,12,13);2-5H,1H3;1H4. The van der Waals surface area contributed by atoms with Crippen molar-refractivity contribution in [2.75, 3.05) is 6.26 Å². The second kappa shape index (κ2) is 8.64. The van der Waals surface area contributed by atoms with Crippen LogP contribution in [-0.2, 0) is 0 Å². The first kappa shape index (κ1) is 19.7. The van der Waals surface area contributed by atoms with Gasteiger partial charge in [0.1, 0.15) is 5.58 Å². The quantitative estimate of drug-likeness (QED) is 0.479. The summed E-state index contributed by atoms with van der Waals surface area (Å²) < 4.78 is 7.42. The van der Waals surface area contributed by atoms with Gasteiger partial charge in [0.2, 0.25) is 5.76 Å². The number of aromatic carboxylic acids is 1. The number of rotatable bonds is 2. The van der Waals surface area contributed by atoms with Crippen molar-refractivity contribution in [3.63, 3.8) is 0 Å². The topological polar surface area (TPSA) is 80.4 Å². The number of thioether (sulfide) groups is 1. The predicted octanol–water partition coefficient (Wildman–Crippen LogP) is 5.15.